The molecule has 0 spiro atoms. The summed E-state index contributed by atoms with van der Waals surface area (Å²) in [6.07, 6.45) is 1.08. The standard InChI is InChI=1S/C13H19N3O7/c1-3-22-11(18)10(12(19)23-4-2)7-9(17)8-15-6-5-14-13(15)16(20)21/h5-6,9-10,17H,3-4,7-8H2,1-2H3. The van der Waals surface area contributed by atoms with E-state index in [1.807, 2.05) is 0 Å². The molecule has 0 aliphatic heterocycles. The summed E-state index contributed by atoms with van der Waals surface area (Å²) in [4.78, 5) is 37.2. The fourth-order valence-corrected chi connectivity index (χ4v) is 1.96. The Morgan fingerprint density at radius 1 is 1.35 bits per heavy atom. The average molecular weight is 329 g/mol. The SMILES string of the molecule is CCOC(=O)C(CC(O)Cn1ccnc1[N+](=O)[O-])C(=O)OCC. The first kappa shape index (κ1) is 18.6. The van der Waals surface area contributed by atoms with Gasteiger partial charge in [0.2, 0.25) is 0 Å². The second-order valence-electron chi connectivity index (χ2n) is 4.58. The van der Waals surface area contributed by atoms with Crippen LogP contribution in [0.25, 0.3) is 0 Å². The lowest BCUT2D eigenvalue weighted by molar-refractivity contribution is -0.397. The molecule has 0 aliphatic carbocycles. The molecule has 1 heterocycles. The monoisotopic (exact) mass is 329 g/mol. The second-order valence-corrected chi connectivity index (χ2v) is 4.58. The third-order valence-electron chi connectivity index (χ3n) is 2.91. The molecule has 0 fully saturated rings. The predicted octanol–water partition coefficient (Wildman–Crippen LogP) is 0.285. The summed E-state index contributed by atoms with van der Waals surface area (Å²) >= 11 is 0. The van der Waals surface area contributed by atoms with E-state index in [4.69, 9.17) is 9.47 Å². The Balaban J connectivity index is 2.77. The van der Waals surface area contributed by atoms with Crippen LogP contribution >= 0.6 is 0 Å². The lowest BCUT2D eigenvalue weighted by Crippen LogP contribution is -2.33. The first-order chi connectivity index (χ1) is 10.9. The molecule has 0 radical (unpaired) electrons. The van der Waals surface area contributed by atoms with E-state index in [-0.39, 0.29) is 26.2 Å². The van der Waals surface area contributed by atoms with Gasteiger partial charge in [-0.05, 0) is 18.8 Å². The summed E-state index contributed by atoms with van der Waals surface area (Å²) in [6, 6.07) is 0. The van der Waals surface area contributed by atoms with Gasteiger partial charge in [0, 0.05) is 6.42 Å². The van der Waals surface area contributed by atoms with Crippen LogP contribution in [0.5, 0.6) is 0 Å². The van der Waals surface area contributed by atoms with Gasteiger partial charge in [0.1, 0.15) is 12.4 Å². The Bertz CT molecular complexity index is 540. The lowest BCUT2D eigenvalue weighted by Gasteiger charge is -2.17. The van der Waals surface area contributed by atoms with Crippen molar-refractivity contribution < 1.29 is 29.1 Å². The first-order valence-corrected chi connectivity index (χ1v) is 7.07. The van der Waals surface area contributed by atoms with Gasteiger partial charge in [-0.1, -0.05) is 4.98 Å². The third-order valence-corrected chi connectivity index (χ3v) is 2.91. The Kier molecular flexibility index (Phi) is 7.13. The molecular formula is C13H19N3O7. The van der Waals surface area contributed by atoms with Gasteiger partial charge in [0.25, 0.3) is 0 Å². The van der Waals surface area contributed by atoms with Gasteiger partial charge in [0.05, 0.1) is 25.9 Å². The van der Waals surface area contributed by atoms with Crippen molar-refractivity contribution >= 4 is 17.9 Å². The summed E-state index contributed by atoms with van der Waals surface area (Å²) in [7, 11) is 0. The Morgan fingerprint density at radius 2 is 1.91 bits per heavy atom. The number of hydrogen-bond acceptors (Lipinski definition) is 8. The molecule has 0 saturated heterocycles. The second kappa shape index (κ2) is 8.83. The highest BCUT2D eigenvalue weighted by Crippen LogP contribution is 2.16. The average Bonchev–Trinajstić information content (AvgIpc) is 2.93. The van der Waals surface area contributed by atoms with Gasteiger partial charge < -0.3 is 24.7 Å². The maximum absolute atomic E-state index is 11.8. The van der Waals surface area contributed by atoms with Crippen LogP contribution in [-0.4, -0.2) is 50.8 Å². The number of nitro groups is 1. The fraction of sp³-hybridized carbons (Fsp3) is 0.615. The smallest absolute Gasteiger partial charge is 0.434 e. The van der Waals surface area contributed by atoms with Crippen LogP contribution in [0.1, 0.15) is 20.3 Å². The number of nitrogens with zero attached hydrogens (tertiary/aromatic N) is 3. The number of imidazole rings is 1. The van der Waals surface area contributed by atoms with Gasteiger partial charge >= 0.3 is 17.9 Å². The molecule has 23 heavy (non-hydrogen) atoms. The van der Waals surface area contributed by atoms with Crippen LogP contribution in [0.4, 0.5) is 5.95 Å². The molecular weight excluding hydrogens is 310 g/mol. The molecule has 1 aromatic heterocycles. The minimum absolute atomic E-state index is 0.0812. The molecule has 1 N–H and O–H groups in total. The Hall–Kier alpha value is -2.49. The molecule has 10 heteroatoms. The van der Waals surface area contributed by atoms with Crippen LogP contribution in [0.2, 0.25) is 0 Å². The number of rotatable bonds is 9. The minimum Gasteiger partial charge on any atom is -0.465 e. The summed E-state index contributed by atoms with van der Waals surface area (Å²) < 4.78 is 10.7. The van der Waals surface area contributed by atoms with Gasteiger partial charge in [0.15, 0.2) is 5.92 Å². The molecule has 1 aromatic rings. The van der Waals surface area contributed by atoms with E-state index in [1.165, 1.54) is 12.4 Å². The number of carbonyl (C=O) groups is 2. The van der Waals surface area contributed by atoms with Crippen LogP contribution in [0, 0.1) is 16.0 Å². The maximum Gasteiger partial charge on any atom is 0.434 e. The molecule has 0 saturated carbocycles. The number of aromatic nitrogens is 2. The van der Waals surface area contributed by atoms with E-state index in [2.05, 4.69) is 4.98 Å². The van der Waals surface area contributed by atoms with Crippen molar-refractivity contribution in [1.82, 2.24) is 9.55 Å². The van der Waals surface area contributed by atoms with Crippen LogP contribution in [0.15, 0.2) is 12.4 Å². The van der Waals surface area contributed by atoms with Gasteiger partial charge in [-0.15, -0.1) is 0 Å². The largest absolute Gasteiger partial charge is 0.465 e. The summed E-state index contributed by atoms with van der Waals surface area (Å²) in [5.41, 5.74) is 0. The maximum atomic E-state index is 11.8. The Labute approximate surface area is 132 Å². The number of aliphatic hydroxyl groups is 1. The molecule has 1 rings (SSSR count). The fourth-order valence-electron chi connectivity index (χ4n) is 1.96. The van der Waals surface area contributed by atoms with Crippen LogP contribution in [0.3, 0.4) is 0 Å². The number of hydrogen-bond donors (Lipinski definition) is 1. The zero-order valence-electron chi connectivity index (χ0n) is 12.9. The molecule has 10 nitrogen and oxygen atoms in total. The molecule has 0 aliphatic rings. The van der Waals surface area contributed by atoms with Crippen LogP contribution < -0.4 is 0 Å². The normalized spacial score (nSPS) is 12.0. The highest BCUT2D eigenvalue weighted by atomic mass is 16.6. The van der Waals surface area contributed by atoms with Gasteiger partial charge in [-0.3, -0.25) is 9.59 Å². The molecule has 0 aromatic carbocycles. The van der Waals surface area contributed by atoms with Crippen molar-refractivity contribution in [3.63, 3.8) is 0 Å². The van der Waals surface area contributed by atoms with Crippen molar-refractivity contribution in [3.05, 3.63) is 22.5 Å². The number of aliphatic hydroxyl groups excluding tert-OH is 1. The van der Waals surface area contributed by atoms with Crippen molar-refractivity contribution in [2.45, 2.75) is 32.9 Å². The molecule has 128 valence electrons. The quantitative estimate of drug-likeness (QED) is 0.295. The first-order valence-electron chi connectivity index (χ1n) is 7.07. The van der Waals surface area contributed by atoms with Gasteiger partial charge in [-0.25, -0.2) is 4.57 Å². The Morgan fingerprint density at radius 3 is 2.39 bits per heavy atom. The van der Waals surface area contributed by atoms with E-state index in [0.29, 0.717) is 0 Å². The van der Waals surface area contributed by atoms with E-state index in [1.54, 1.807) is 13.8 Å². The van der Waals surface area contributed by atoms with Crippen molar-refractivity contribution in [1.29, 1.82) is 0 Å². The van der Waals surface area contributed by atoms with E-state index in [9.17, 15) is 24.8 Å². The predicted molar refractivity (Wildman–Crippen MR) is 76.3 cm³/mol. The number of carbonyl (C=O) groups excluding carboxylic acids is 2. The van der Waals surface area contributed by atoms with Crippen molar-refractivity contribution in [2.75, 3.05) is 13.2 Å². The lowest BCUT2D eigenvalue weighted by atomic mass is 10.0. The van der Waals surface area contributed by atoms with E-state index >= 15 is 0 Å². The van der Waals surface area contributed by atoms with Crippen molar-refractivity contribution in [3.8, 4) is 0 Å². The highest BCUT2D eigenvalue weighted by Gasteiger charge is 2.32. The minimum atomic E-state index is -1.28. The molecule has 1 atom stereocenters. The molecule has 0 amide bonds. The van der Waals surface area contributed by atoms with Crippen molar-refractivity contribution in [2.24, 2.45) is 5.92 Å². The third kappa shape index (κ3) is 5.33. The zero-order chi connectivity index (χ0) is 17.4. The summed E-state index contributed by atoms with van der Waals surface area (Å²) in [6.45, 7) is 3.15. The van der Waals surface area contributed by atoms with Crippen LogP contribution in [-0.2, 0) is 25.6 Å². The highest BCUT2D eigenvalue weighted by molar-refractivity contribution is 5.94. The van der Waals surface area contributed by atoms with Gasteiger partial charge in [-0.2, -0.15) is 0 Å². The molecule has 1 unspecified atom stereocenters. The topological polar surface area (TPSA) is 134 Å². The zero-order valence-corrected chi connectivity index (χ0v) is 12.9. The summed E-state index contributed by atoms with van der Waals surface area (Å²) in [5.74, 6) is -3.32. The number of esters is 2. The molecule has 0 bridgehead atoms. The van der Waals surface area contributed by atoms with E-state index in [0.717, 1.165) is 4.57 Å². The number of ether oxygens (including phenoxy) is 2. The summed E-state index contributed by atoms with van der Waals surface area (Å²) in [5, 5.41) is 20.8. The van der Waals surface area contributed by atoms with E-state index < -0.39 is 34.8 Å².